The van der Waals surface area contributed by atoms with Crippen LogP contribution in [0.2, 0.25) is 0 Å². The van der Waals surface area contributed by atoms with E-state index in [1.807, 2.05) is 36.7 Å². The van der Waals surface area contributed by atoms with Gasteiger partial charge in [0.15, 0.2) is 11.5 Å². The lowest BCUT2D eigenvalue weighted by atomic mass is 9.97. The third kappa shape index (κ3) is 2.61. The predicted octanol–water partition coefficient (Wildman–Crippen LogP) is 2.23. The number of anilines is 2. The maximum Gasteiger partial charge on any atom is 0.223 e. The van der Waals surface area contributed by atoms with Gasteiger partial charge in [-0.2, -0.15) is 4.52 Å². The number of methoxy groups -OCH3 is 1. The van der Waals surface area contributed by atoms with E-state index in [9.17, 15) is 0 Å². The Hall–Kier alpha value is -3.42. The van der Waals surface area contributed by atoms with E-state index in [1.165, 1.54) is 5.56 Å². The number of benzene rings is 1. The van der Waals surface area contributed by atoms with Gasteiger partial charge in [-0.15, -0.1) is 5.10 Å². The molecule has 4 heterocycles. The van der Waals surface area contributed by atoms with Gasteiger partial charge in [-0.1, -0.05) is 6.07 Å². The molecule has 1 atom stereocenters. The van der Waals surface area contributed by atoms with Crippen molar-refractivity contribution in [1.82, 2.24) is 24.6 Å². The molecule has 4 aromatic rings. The standard InChI is InChI=1S/C19H19N7O/c1-27-15-4-2-3-13-17(15)24-19(20)26-18(13)23-16(25-26)9-12-6-5-11-10-21-8-7-14(11)22-12/h2-4,7-8,10,12,22H,5-6,9H2,1H3,(H2,20,24). The molecule has 0 amide bonds. The molecule has 0 fully saturated rings. The van der Waals surface area contributed by atoms with E-state index in [4.69, 9.17) is 15.5 Å². The van der Waals surface area contributed by atoms with Crippen molar-refractivity contribution < 1.29 is 4.74 Å². The fourth-order valence-electron chi connectivity index (χ4n) is 3.68. The molecule has 5 rings (SSSR count). The first kappa shape index (κ1) is 15.8. The number of nitrogens with one attached hydrogen (secondary N) is 1. The summed E-state index contributed by atoms with van der Waals surface area (Å²) < 4.78 is 7.01. The molecule has 0 saturated carbocycles. The number of para-hydroxylation sites is 1. The molecule has 1 aromatic carbocycles. The Morgan fingerprint density at radius 3 is 3.11 bits per heavy atom. The van der Waals surface area contributed by atoms with Gasteiger partial charge < -0.3 is 15.8 Å². The van der Waals surface area contributed by atoms with Crippen LogP contribution in [-0.4, -0.2) is 37.7 Å². The normalized spacial score (nSPS) is 16.3. The Morgan fingerprint density at radius 2 is 2.22 bits per heavy atom. The summed E-state index contributed by atoms with van der Waals surface area (Å²) >= 11 is 0. The highest BCUT2D eigenvalue weighted by atomic mass is 16.5. The van der Waals surface area contributed by atoms with Gasteiger partial charge in [0.1, 0.15) is 11.3 Å². The quantitative estimate of drug-likeness (QED) is 0.577. The van der Waals surface area contributed by atoms with Crippen LogP contribution in [0.3, 0.4) is 0 Å². The minimum atomic E-state index is 0.271. The second-order valence-electron chi connectivity index (χ2n) is 6.71. The van der Waals surface area contributed by atoms with Gasteiger partial charge in [0.2, 0.25) is 5.95 Å². The van der Waals surface area contributed by atoms with Crippen molar-refractivity contribution in [2.75, 3.05) is 18.2 Å². The summed E-state index contributed by atoms with van der Waals surface area (Å²) in [4.78, 5) is 13.4. The average molecular weight is 361 g/mol. The van der Waals surface area contributed by atoms with Crippen molar-refractivity contribution in [3.05, 3.63) is 48.0 Å². The zero-order valence-electron chi connectivity index (χ0n) is 14.9. The highest BCUT2D eigenvalue weighted by Crippen LogP contribution is 2.28. The fraction of sp³-hybridized carbons (Fsp3) is 0.263. The van der Waals surface area contributed by atoms with Crippen molar-refractivity contribution in [3.8, 4) is 5.75 Å². The molecule has 0 spiro atoms. The summed E-state index contributed by atoms with van der Waals surface area (Å²) in [6.07, 6.45) is 6.46. The summed E-state index contributed by atoms with van der Waals surface area (Å²) in [5, 5.41) is 9.03. The molecule has 1 aliphatic rings. The maximum absolute atomic E-state index is 6.13. The number of nitrogens with zero attached hydrogens (tertiary/aromatic N) is 5. The van der Waals surface area contributed by atoms with Crippen LogP contribution in [0.1, 0.15) is 17.8 Å². The number of nitrogens with two attached hydrogens (primary N) is 1. The van der Waals surface area contributed by atoms with Crippen molar-refractivity contribution in [2.45, 2.75) is 25.3 Å². The molecule has 0 aliphatic carbocycles. The lowest BCUT2D eigenvalue weighted by Gasteiger charge is -2.25. The Labute approximate surface area is 155 Å². The van der Waals surface area contributed by atoms with Gasteiger partial charge >= 0.3 is 0 Å². The number of hydrogen-bond acceptors (Lipinski definition) is 7. The lowest BCUT2D eigenvalue weighted by Crippen LogP contribution is -2.28. The van der Waals surface area contributed by atoms with Gasteiger partial charge in [-0.3, -0.25) is 4.98 Å². The SMILES string of the molecule is COc1cccc2c1nc(N)n1nc(CC3CCc4cnccc4N3)nc21. The number of aromatic nitrogens is 5. The summed E-state index contributed by atoms with van der Waals surface area (Å²) in [6.45, 7) is 0. The van der Waals surface area contributed by atoms with Crippen LogP contribution in [-0.2, 0) is 12.8 Å². The van der Waals surface area contributed by atoms with Gasteiger partial charge in [0.25, 0.3) is 0 Å². The van der Waals surface area contributed by atoms with E-state index >= 15 is 0 Å². The minimum Gasteiger partial charge on any atom is -0.494 e. The fourth-order valence-corrected chi connectivity index (χ4v) is 3.68. The van der Waals surface area contributed by atoms with E-state index in [1.54, 1.807) is 11.6 Å². The first-order valence-electron chi connectivity index (χ1n) is 8.90. The Kier molecular flexibility index (Phi) is 3.56. The molecule has 1 unspecified atom stereocenters. The summed E-state index contributed by atoms with van der Waals surface area (Å²) in [5.41, 5.74) is 9.92. The second kappa shape index (κ2) is 6.08. The highest BCUT2D eigenvalue weighted by molar-refractivity contribution is 5.95. The van der Waals surface area contributed by atoms with E-state index < -0.39 is 0 Å². The Morgan fingerprint density at radius 1 is 1.30 bits per heavy atom. The first-order valence-corrected chi connectivity index (χ1v) is 8.90. The van der Waals surface area contributed by atoms with Crippen molar-refractivity contribution in [2.24, 2.45) is 0 Å². The Bertz CT molecular complexity index is 1150. The molecule has 27 heavy (non-hydrogen) atoms. The molecular formula is C19H19N7O. The van der Waals surface area contributed by atoms with Crippen molar-refractivity contribution in [3.63, 3.8) is 0 Å². The topological polar surface area (TPSA) is 103 Å². The molecule has 8 nitrogen and oxygen atoms in total. The smallest absolute Gasteiger partial charge is 0.223 e. The summed E-state index contributed by atoms with van der Waals surface area (Å²) in [5.74, 6) is 1.72. The number of hydrogen-bond donors (Lipinski definition) is 2. The lowest BCUT2D eigenvalue weighted by molar-refractivity contribution is 0.419. The van der Waals surface area contributed by atoms with Crippen LogP contribution in [0.5, 0.6) is 5.75 Å². The molecule has 8 heteroatoms. The van der Waals surface area contributed by atoms with Gasteiger partial charge in [0.05, 0.1) is 7.11 Å². The van der Waals surface area contributed by atoms with Gasteiger partial charge in [-0.25, -0.2) is 9.97 Å². The molecule has 1 aliphatic heterocycles. The molecule has 3 N–H and O–H groups in total. The van der Waals surface area contributed by atoms with Crippen molar-refractivity contribution in [1.29, 1.82) is 0 Å². The summed E-state index contributed by atoms with van der Waals surface area (Å²) in [6, 6.07) is 8.02. The number of pyridine rings is 1. The summed E-state index contributed by atoms with van der Waals surface area (Å²) in [7, 11) is 1.62. The first-order chi connectivity index (χ1) is 13.2. The molecule has 136 valence electrons. The second-order valence-corrected chi connectivity index (χ2v) is 6.71. The van der Waals surface area contributed by atoms with E-state index in [-0.39, 0.29) is 6.04 Å². The third-order valence-electron chi connectivity index (χ3n) is 5.01. The largest absolute Gasteiger partial charge is 0.494 e. The molecule has 0 saturated heterocycles. The number of rotatable bonds is 3. The number of nitrogen functional groups attached to an aromatic ring is 1. The third-order valence-corrected chi connectivity index (χ3v) is 5.01. The number of fused-ring (bicyclic) bond motifs is 4. The van der Waals surface area contributed by atoms with Crippen LogP contribution < -0.4 is 15.8 Å². The van der Waals surface area contributed by atoms with Crippen LogP contribution in [0, 0.1) is 0 Å². The monoisotopic (exact) mass is 361 g/mol. The van der Waals surface area contributed by atoms with Crippen LogP contribution in [0.25, 0.3) is 16.6 Å². The van der Waals surface area contributed by atoms with Gasteiger partial charge in [0, 0.05) is 35.9 Å². The molecule has 0 bridgehead atoms. The molecular weight excluding hydrogens is 342 g/mol. The highest BCUT2D eigenvalue weighted by Gasteiger charge is 2.21. The minimum absolute atomic E-state index is 0.271. The van der Waals surface area contributed by atoms with Gasteiger partial charge in [-0.05, 0) is 36.6 Å². The zero-order chi connectivity index (χ0) is 18.4. The van der Waals surface area contributed by atoms with Crippen LogP contribution in [0.4, 0.5) is 11.6 Å². The van der Waals surface area contributed by atoms with Crippen LogP contribution in [0.15, 0.2) is 36.7 Å². The number of ether oxygens (including phenoxy) is 1. The molecule has 3 aromatic heterocycles. The van der Waals surface area contributed by atoms with Crippen LogP contribution >= 0.6 is 0 Å². The van der Waals surface area contributed by atoms with Crippen molar-refractivity contribution >= 4 is 28.2 Å². The predicted molar refractivity (Wildman–Crippen MR) is 103 cm³/mol. The number of aryl methyl sites for hydroxylation is 1. The zero-order valence-corrected chi connectivity index (χ0v) is 14.9. The van der Waals surface area contributed by atoms with E-state index in [0.717, 1.165) is 29.7 Å². The average Bonchev–Trinajstić information content (AvgIpc) is 3.12. The van der Waals surface area contributed by atoms with E-state index in [2.05, 4.69) is 20.4 Å². The molecule has 0 radical (unpaired) electrons. The van der Waals surface area contributed by atoms with E-state index in [0.29, 0.717) is 29.3 Å². The Balaban J connectivity index is 1.52. The maximum atomic E-state index is 6.13.